The van der Waals surface area contributed by atoms with Gasteiger partial charge in [-0.1, -0.05) is 19.0 Å². The molecule has 0 aliphatic carbocycles. The molecule has 3 rings (SSSR count). The number of guanidine groups is 1. The SMILES string of the molecule is CCNC(=NCc1csc(C(C)C)n1)N1CCN(S(=O)(=O)Cc2ccon2)CC1. The lowest BCUT2D eigenvalue weighted by molar-refractivity contribution is 0.259. The maximum absolute atomic E-state index is 12.6. The lowest BCUT2D eigenvalue weighted by Crippen LogP contribution is -2.53. The van der Waals surface area contributed by atoms with Crippen molar-refractivity contribution in [1.29, 1.82) is 0 Å². The van der Waals surface area contributed by atoms with Crippen LogP contribution in [0.1, 0.15) is 43.1 Å². The number of rotatable bonds is 7. The molecule has 0 spiro atoms. The highest BCUT2D eigenvalue weighted by Crippen LogP contribution is 2.19. The second kappa shape index (κ2) is 9.68. The van der Waals surface area contributed by atoms with Gasteiger partial charge in [0.25, 0.3) is 0 Å². The van der Waals surface area contributed by atoms with Crippen LogP contribution in [0.5, 0.6) is 0 Å². The number of hydrogen-bond donors (Lipinski definition) is 1. The van der Waals surface area contributed by atoms with Gasteiger partial charge in [0, 0.05) is 50.1 Å². The summed E-state index contributed by atoms with van der Waals surface area (Å²) in [6.45, 7) is 9.54. The average molecular weight is 441 g/mol. The summed E-state index contributed by atoms with van der Waals surface area (Å²) in [4.78, 5) is 11.4. The van der Waals surface area contributed by atoms with Gasteiger partial charge in [0.1, 0.15) is 12.0 Å². The van der Waals surface area contributed by atoms with E-state index in [4.69, 9.17) is 9.52 Å². The molecule has 1 fully saturated rings. The maximum atomic E-state index is 12.6. The molecule has 0 saturated carbocycles. The number of sulfonamides is 1. The fourth-order valence-electron chi connectivity index (χ4n) is 3.01. The van der Waals surface area contributed by atoms with E-state index in [0.29, 0.717) is 44.3 Å². The van der Waals surface area contributed by atoms with E-state index in [1.807, 2.05) is 6.92 Å². The summed E-state index contributed by atoms with van der Waals surface area (Å²) in [5, 5.41) is 10.2. The van der Waals surface area contributed by atoms with Crippen LogP contribution >= 0.6 is 11.3 Å². The van der Waals surface area contributed by atoms with Gasteiger partial charge in [-0.05, 0) is 6.92 Å². The third-order valence-electron chi connectivity index (χ3n) is 4.54. The van der Waals surface area contributed by atoms with Gasteiger partial charge in [0.15, 0.2) is 5.96 Å². The van der Waals surface area contributed by atoms with E-state index in [1.54, 1.807) is 17.4 Å². The van der Waals surface area contributed by atoms with Crippen molar-refractivity contribution in [3.8, 4) is 0 Å². The number of nitrogens with zero attached hydrogens (tertiary/aromatic N) is 5. The van der Waals surface area contributed by atoms with Crippen molar-refractivity contribution in [2.75, 3.05) is 32.7 Å². The molecule has 0 aromatic carbocycles. The molecule has 1 aliphatic heterocycles. The molecule has 0 bridgehead atoms. The molecule has 0 radical (unpaired) electrons. The van der Waals surface area contributed by atoms with Crippen LogP contribution in [0.3, 0.4) is 0 Å². The Balaban J connectivity index is 1.60. The first-order valence-corrected chi connectivity index (χ1v) is 12.2. The Morgan fingerprint density at radius 3 is 2.66 bits per heavy atom. The van der Waals surface area contributed by atoms with E-state index < -0.39 is 10.0 Å². The average Bonchev–Trinajstić information content (AvgIpc) is 3.37. The van der Waals surface area contributed by atoms with Gasteiger partial charge in [0.2, 0.25) is 10.0 Å². The van der Waals surface area contributed by atoms with Gasteiger partial charge in [0.05, 0.1) is 22.9 Å². The molecule has 11 heteroatoms. The highest BCUT2D eigenvalue weighted by molar-refractivity contribution is 7.88. The van der Waals surface area contributed by atoms with Crippen LogP contribution in [0.25, 0.3) is 0 Å². The zero-order chi connectivity index (χ0) is 20.9. The van der Waals surface area contributed by atoms with Crippen LogP contribution in [0.15, 0.2) is 27.2 Å². The van der Waals surface area contributed by atoms with E-state index in [-0.39, 0.29) is 5.75 Å². The Hall–Kier alpha value is -1.98. The van der Waals surface area contributed by atoms with Crippen molar-refractivity contribution in [3.63, 3.8) is 0 Å². The molecular weight excluding hydrogens is 412 g/mol. The molecule has 0 atom stereocenters. The Bertz CT molecular complexity index is 900. The van der Waals surface area contributed by atoms with E-state index in [9.17, 15) is 8.42 Å². The minimum absolute atomic E-state index is 0.139. The summed E-state index contributed by atoms with van der Waals surface area (Å²) in [5.41, 5.74) is 1.38. The first-order chi connectivity index (χ1) is 13.9. The first kappa shape index (κ1) is 21.7. The molecule has 160 valence electrons. The van der Waals surface area contributed by atoms with Gasteiger partial charge in [-0.15, -0.1) is 11.3 Å². The predicted molar refractivity (Wildman–Crippen MR) is 113 cm³/mol. The van der Waals surface area contributed by atoms with Crippen LogP contribution < -0.4 is 5.32 Å². The number of hydrogen-bond acceptors (Lipinski definition) is 7. The molecular formula is C18H28N6O3S2. The molecule has 29 heavy (non-hydrogen) atoms. The van der Waals surface area contributed by atoms with Crippen molar-refractivity contribution >= 4 is 27.3 Å². The third-order valence-corrected chi connectivity index (χ3v) is 7.55. The molecule has 0 unspecified atom stereocenters. The molecule has 2 aromatic heterocycles. The normalized spacial score (nSPS) is 16.6. The van der Waals surface area contributed by atoms with Gasteiger partial charge in [-0.25, -0.2) is 18.4 Å². The Morgan fingerprint density at radius 2 is 2.07 bits per heavy atom. The van der Waals surface area contributed by atoms with Crippen molar-refractivity contribution in [3.05, 3.63) is 34.1 Å². The lowest BCUT2D eigenvalue weighted by atomic mass is 10.2. The van der Waals surface area contributed by atoms with Crippen molar-refractivity contribution in [1.82, 2.24) is 24.7 Å². The van der Waals surface area contributed by atoms with E-state index in [1.165, 1.54) is 10.6 Å². The van der Waals surface area contributed by atoms with Crippen LogP contribution in [-0.4, -0.2) is 66.4 Å². The van der Waals surface area contributed by atoms with E-state index in [0.717, 1.165) is 23.2 Å². The Labute approximate surface area is 175 Å². The maximum Gasteiger partial charge on any atom is 0.220 e. The standard InChI is InChI=1S/C18H28N6O3S2/c1-4-19-18(20-11-16-12-28-17(21-16)14(2)3)23-6-8-24(9-7-23)29(25,26)13-15-5-10-27-22-15/h5,10,12,14H,4,6-9,11,13H2,1-3H3,(H,19,20). The first-order valence-electron chi connectivity index (χ1n) is 9.73. The summed E-state index contributed by atoms with van der Waals surface area (Å²) < 4.78 is 31.4. The topological polar surface area (TPSA) is 104 Å². The van der Waals surface area contributed by atoms with Gasteiger partial charge >= 0.3 is 0 Å². The fraction of sp³-hybridized carbons (Fsp3) is 0.611. The summed E-state index contributed by atoms with van der Waals surface area (Å²) in [6, 6.07) is 1.58. The van der Waals surface area contributed by atoms with Crippen LogP contribution in [0.2, 0.25) is 0 Å². The summed E-state index contributed by atoms with van der Waals surface area (Å²) in [7, 11) is -3.41. The lowest BCUT2D eigenvalue weighted by Gasteiger charge is -2.35. The number of piperazine rings is 1. The van der Waals surface area contributed by atoms with E-state index in [2.05, 4.69) is 39.6 Å². The Morgan fingerprint density at radius 1 is 1.31 bits per heavy atom. The molecule has 9 nitrogen and oxygen atoms in total. The third kappa shape index (κ3) is 5.77. The molecule has 2 aromatic rings. The number of aromatic nitrogens is 2. The summed E-state index contributed by atoms with van der Waals surface area (Å²) in [5.74, 6) is 1.07. The molecule has 3 heterocycles. The van der Waals surface area contributed by atoms with Crippen LogP contribution in [0, 0.1) is 0 Å². The zero-order valence-electron chi connectivity index (χ0n) is 17.0. The minimum Gasteiger partial charge on any atom is -0.364 e. The zero-order valence-corrected chi connectivity index (χ0v) is 18.7. The molecule has 1 saturated heterocycles. The van der Waals surface area contributed by atoms with Crippen LogP contribution in [0.4, 0.5) is 0 Å². The molecule has 1 aliphatic rings. The van der Waals surface area contributed by atoms with Crippen molar-refractivity contribution in [2.24, 2.45) is 4.99 Å². The van der Waals surface area contributed by atoms with Crippen molar-refractivity contribution in [2.45, 2.75) is 39.0 Å². The van der Waals surface area contributed by atoms with Gasteiger partial charge in [-0.3, -0.25) is 0 Å². The number of aliphatic imine (C=N–C) groups is 1. The summed E-state index contributed by atoms with van der Waals surface area (Å²) >= 11 is 1.66. The quantitative estimate of drug-likeness (QED) is 0.518. The summed E-state index contributed by atoms with van der Waals surface area (Å²) in [6.07, 6.45) is 1.38. The highest BCUT2D eigenvalue weighted by atomic mass is 32.2. The molecule has 0 amide bonds. The van der Waals surface area contributed by atoms with Crippen molar-refractivity contribution < 1.29 is 12.9 Å². The minimum atomic E-state index is -3.41. The number of nitrogens with one attached hydrogen (secondary N) is 1. The van der Waals surface area contributed by atoms with Crippen LogP contribution in [-0.2, 0) is 22.3 Å². The second-order valence-electron chi connectivity index (χ2n) is 7.14. The predicted octanol–water partition coefficient (Wildman–Crippen LogP) is 1.87. The second-order valence-corrected chi connectivity index (χ2v) is 9.99. The largest absolute Gasteiger partial charge is 0.364 e. The number of thiazole rings is 1. The highest BCUT2D eigenvalue weighted by Gasteiger charge is 2.29. The fourth-order valence-corrected chi connectivity index (χ4v) is 5.26. The van der Waals surface area contributed by atoms with Gasteiger partial charge in [-0.2, -0.15) is 4.31 Å². The van der Waals surface area contributed by atoms with Gasteiger partial charge < -0.3 is 14.7 Å². The monoisotopic (exact) mass is 440 g/mol. The molecule has 1 N–H and O–H groups in total. The smallest absolute Gasteiger partial charge is 0.220 e. The van der Waals surface area contributed by atoms with E-state index >= 15 is 0 Å². The Kier molecular flexibility index (Phi) is 7.25.